The monoisotopic (exact) mass is 594 g/mol. The van der Waals surface area contributed by atoms with Crippen LogP contribution in [0.25, 0.3) is 45.3 Å². The molecule has 4 aromatic carbocycles. The Hall–Kier alpha value is -3.44. The summed E-state index contributed by atoms with van der Waals surface area (Å²) in [6.45, 7) is 2.35. The Balaban J connectivity index is 0.00000280. The number of fused-ring (bicyclic) bond motifs is 1. The predicted octanol–water partition coefficient (Wildman–Crippen LogP) is 4.77. The van der Waals surface area contributed by atoms with Gasteiger partial charge < -0.3 is 28.9 Å². The molecule has 6 rings (SSSR count). The lowest BCUT2D eigenvalue weighted by atomic mass is 9.97. The molecular formula is C34H31IN2. The summed E-state index contributed by atoms with van der Waals surface area (Å²) >= 11 is 0. The number of anilines is 1. The number of benzene rings is 4. The van der Waals surface area contributed by atoms with Crippen LogP contribution in [0.1, 0.15) is 24.0 Å². The zero-order chi connectivity index (χ0) is 24.3. The van der Waals surface area contributed by atoms with E-state index in [4.69, 9.17) is 0 Å². The molecule has 1 aliphatic heterocycles. The van der Waals surface area contributed by atoms with Crippen molar-refractivity contribution in [2.75, 3.05) is 18.0 Å². The maximum Gasteiger partial charge on any atom is 0.212 e. The van der Waals surface area contributed by atoms with Crippen molar-refractivity contribution in [3.63, 3.8) is 0 Å². The van der Waals surface area contributed by atoms with Crippen molar-refractivity contribution in [3.8, 4) is 22.4 Å². The molecule has 184 valence electrons. The number of hydrogen-bond acceptors (Lipinski definition) is 1. The molecule has 2 heterocycles. The molecule has 0 atom stereocenters. The predicted molar refractivity (Wildman–Crippen MR) is 153 cm³/mol. The van der Waals surface area contributed by atoms with Gasteiger partial charge >= 0.3 is 0 Å². The Bertz CT molecular complexity index is 1530. The topological polar surface area (TPSA) is 7.12 Å². The quantitative estimate of drug-likeness (QED) is 0.210. The van der Waals surface area contributed by atoms with Crippen molar-refractivity contribution < 1.29 is 28.5 Å². The largest absolute Gasteiger partial charge is 1.00 e. The summed E-state index contributed by atoms with van der Waals surface area (Å²) in [6, 6.07) is 37.3. The molecule has 0 spiro atoms. The Labute approximate surface area is 236 Å². The number of nitrogens with zero attached hydrogens (tertiary/aromatic N) is 2. The molecule has 1 aromatic heterocycles. The van der Waals surface area contributed by atoms with E-state index in [0.29, 0.717) is 0 Å². The van der Waals surface area contributed by atoms with Crippen molar-refractivity contribution >= 4 is 28.6 Å². The van der Waals surface area contributed by atoms with Crippen LogP contribution in [0.3, 0.4) is 0 Å². The van der Waals surface area contributed by atoms with Crippen molar-refractivity contribution in [1.29, 1.82) is 0 Å². The van der Waals surface area contributed by atoms with Gasteiger partial charge in [0.05, 0.1) is 5.56 Å². The van der Waals surface area contributed by atoms with E-state index in [9.17, 15) is 0 Å². The van der Waals surface area contributed by atoms with Crippen LogP contribution >= 0.6 is 0 Å². The van der Waals surface area contributed by atoms with Gasteiger partial charge in [-0.15, -0.1) is 0 Å². The van der Waals surface area contributed by atoms with Crippen molar-refractivity contribution in [2.45, 2.75) is 12.8 Å². The van der Waals surface area contributed by atoms with Gasteiger partial charge in [0.25, 0.3) is 0 Å². The van der Waals surface area contributed by atoms with Crippen molar-refractivity contribution in [3.05, 3.63) is 120 Å². The molecule has 0 aliphatic carbocycles. The Morgan fingerprint density at radius 3 is 2.14 bits per heavy atom. The summed E-state index contributed by atoms with van der Waals surface area (Å²) in [5.74, 6) is 0. The van der Waals surface area contributed by atoms with E-state index in [-0.39, 0.29) is 24.0 Å². The zero-order valence-electron chi connectivity index (χ0n) is 21.1. The van der Waals surface area contributed by atoms with Crippen LogP contribution in [0.15, 0.2) is 109 Å². The van der Waals surface area contributed by atoms with Gasteiger partial charge in [0.1, 0.15) is 7.05 Å². The van der Waals surface area contributed by atoms with E-state index in [1.807, 2.05) is 0 Å². The van der Waals surface area contributed by atoms with Crippen LogP contribution in [0, 0.1) is 0 Å². The summed E-state index contributed by atoms with van der Waals surface area (Å²) < 4.78 is 2.24. The van der Waals surface area contributed by atoms with Crippen LogP contribution < -0.4 is 33.4 Å². The molecule has 1 saturated heterocycles. The van der Waals surface area contributed by atoms with Crippen LogP contribution in [0.2, 0.25) is 0 Å². The summed E-state index contributed by atoms with van der Waals surface area (Å²) in [5.41, 5.74) is 8.64. The summed E-state index contributed by atoms with van der Waals surface area (Å²) in [4.78, 5) is 2.48. The maximum atomic E-state index is 2.48. The third-order valence-corrected chi connectivity index (χ3v) is 7.26. The highest BCUT2D eigenvalue weighted by atomic mass is 127. The molecule has 1 fully saturated rings. The SMILES string of the molecule is C[n+]1cc(-c2ccccc2)c(/C=C/c2ccc(N3CCCC3)cc2)cc1-c1ccc2ccccc2c1.[I-]. The van der Waals surface area contributed by atoms with E-state index in [0.717, 1.165) is 0 Å². The first-order valence-corrected chi connectivity index (χ1v) is 12.9. The number of hydrogen-bond donors (Lipinski definition) is 0. The standard InChI is InChI=1S/C34H31N2.HI/c1-35-25-33(28-10-3-2-4-11-28)30(16-13-26-14-19-32(20-15-26)36-21-7-8-22-36)24-34(35)31-18-17-27-9-5-6-12-29(27)23-31;/h2-6,9-20,23-25H,7-8,21-22H2,1H3;1H/q+1;/p-1. The Kier molecular flexibility index (Phi) is 7.71. The first-order chi connectivity index (χ1) is 17.7. The van der Waals surface area contributed by atoms with Gasteiger partial charge in [0.2, 0.25) is 5.69 Å². The molecule has 0 radical (unpaired) electrons. The van der Waals surface area contributed by atoms with Gasteiger partial charge in [0, 0.05) is 30.4 Å². The molecule has 0 amide bonds. The molecule has 0 unspecified atom stereocenters. The van der Waals surface area contributed by atoms with Crippen LogP contribution in [-0.2, 0) is 7.05 Å². The van der Waals surface area contributed by atoms with Gasteiger partial charge in [-0.1, -0.05) is 84.9 Å². The Morgan fingerprint density at radius 2 is 1.38 bits per heavy atom. The second-order valence-electron chi connectivity index (χ2n) is 9.69. The van der Waals surface area contributed by atoms with Crippen LogP contribution in [0.4, 0.5) is 5.69 Å². The molecule has 3 heteroatoms. The second kappa shape index (κ2) is 11.3. The number of pyridine rings is 1. The van der Waals surface area contributed by atoms with E-state index in [1.165, 1.54) is 75.9 Å². The minimum Gasteiger partial charge on any atom is -1.00 e. The smallest absolute Gasteiger partial charge is 0.212 e. The summed E-state index contributed by atoms with van der Waals surface area (Å²) in [5, 5.41) is 2.53. The third-order valence-electron chi connectivity index (χ3n) is 7.26. The van der Waals surface area contributed by atoms with Crippen LogP contribution in [0.5, 0.6) is 0 Å². The number of rotatable bonds is 5. The average Bonchev–Trinajstić information content (AvgIpc) is 3.48. The van der Waals surface area contributed by atoms with Crippen molar-refractivity contribution in [2.24, 2.45) is 7.05 Å². The average molecular weight is 595 g/mol. The first kappa shape index (κ1) is 25.2. The maximum absolute atomic E-state index is 2.48. The number of aromatic nitrogens is 1. The van der Waals surface area contributed by atoms with Crippen LogP contribution in [-0.4, -0.2) is 13.1 Å². The Morgan fingerprint density at radius 1 is 0.676 bits per heavy atom. The molecular weight excluding hydrogens is 563 g/mol. The molecule has 37 heavy (non-hydrogen) atoms. The fourth-order valence-corrected chi connectivity index (χ4v) is 5.25. The van der Waals surface area contributed by atoms with Gasteiger partial charge in [0.15, 0.2) is 6.20 Å². The lowest BCUT2D eigenvalue weighted by molar-refractivity contribution is -0.659. The minimum absolute atomic E-state index is 0. The molecule has 0 N–H and O–H groups in total. The molecule has 0 bridgehead atoms. The second-order valence-corrected chi connectivity index (χ2v) is 9.69. The number of aryl methyl sites for hydroxylation is 1. The van der Waals surface area contributed by atoms with Gasteiger partial charge in [-0.2, -0.15) is 0 Å². The molecule has 2 nitrogen and oxygen atoms in total. The van der Waals surface area contributed by atoms with Gasteiger partial charge in [-0.3, -0.25) is 0 Å². The molecule has 5 aromatic rings. The zero-order valence-corrected chi connectivity index (χ0v) is 23.3. The third kappa shape index (κ3) is 5.47. The summed E-state index contributed by atoms with van der Waals surface area (Å²) in [6.07, 6.45) is 9.36. The van der Waals surface area contributed by atoms with Gasteiger partial charge in [-0.05, 0) is 64.6 Å². The highest BCUT2D eigenvalue weighted by molar-refractivity contribution is 5.87. The highest BCUT2D eigenvalue weighted by Gasteiger charge is 2.16. The lowest BCUT2D eigenvalue weighted by Gasteiger charge is -2.17. The minimum atomic E-state index is 0. The normalized spacial score (nSPS) is 13.3. The molecule has 0 saturated carbocycles. The number of halogens is 1. The van der Waals surface area contributed by atoms with E-state index in [1.54, 1.807) is 0 Å². The van der Waals surface area contributed by atoms with E-state index < -0.39 is 0 Å². The van der Waals surface area contributed by atoms with Crippen molar-refractivity contribution in [1.82, 2.24) is 0 Å². The highest BCUT2D eigenvalue weighted by Crippen LogP contribution is 2.29. The fraction of sp³-hybridized carbons (Fsp3) is 0.147. The van der Waals surface area contributed by atoms with E-state index in [2.05, 4.69) is 138 Å². The first-order valence-electron chi connectivity index (χ1n) is 12.9. The summed E-state index contributed by atoms with van der Waals surface area (Å²) in [7, 11) is 2.14. The fourth-order valence-electron chi connectivity index (χ4n) is 5.25. The lowest BCUT2D eigenvalue weighted by Crippen LogP contribution is -3.00. The molecule has 1 aliphatic rings. The van der Waals surface area contributed by atoms with Gasteiger partial charge in [-0.25, -0.2) is 4.57 Å². The van der Waals surface area contributed by atoms with E-state index >= 15 is 0 Å².